The average Bonchev–Trinajstić information content (AvgIpc) is 2.39. The van der Waals surface area contributed by atoms with Crippen LogP contribution in [0.5, 0.6) is 5.75 Å². The molecule has 0 spiro atoms. The molecule has 0 saturated heterocycles. The summed E-state index contributed by atoms with van der Waals surface area (Å²) >= 11 is 3.35. The first-order valence-electron chi connectivity index (χ1n) is 6.30. The summed E-state index contributed by atoms with van der Waals surface area (Å²) in [5.41, 5.74) is 0. The summed E-state index contributed by atoms with van der Waals surface area (Å²) in [5.74, 6) is 1.20. The van der Waals surface area contributed by atoms with Gasteiger partial charge in [-0.3, -0.25) is 4.79 Å². The number of benzene rings is 1. The van der Waals surface area contributed by atoms with Crippen molar-refractivity contribution in [3.8, 4) is 5.75 Å². The predicted octanol–water partition coefficient (Wildman–Crippen LogP) is 3.38. The van der Waals surface area contributed by atoms with Gasteiger partial charge in [0.25, 0.3) is 5.91 Å². The molecule has 0 radical (unpaired) electrons. The number of ether oxygens (including phenoxy) is 1. The summed E-state index contributed by atoms with van der Waals surface area (Å²) in [4.78, 5) is 11.6. The van der Waals surface area contributed by atoms with Crippen molar-refractivity contribution in [2.24, 2.45) is 5.92 Å². The third-order valence-electron chi connectivity index (χ3n) is 2.93. The van der Waals surface area contributed by atoms with E-state index in [2.05, 4.69) is 35.1 Å². The van der Waals surface area contributed by atoms with Crippen molar-refractivity contribution in [1.82, 2.24) is 5.32 Å². The monoisotopic (exact) mass is 313 g/mol. The Balaban J connectivity index is 2.26. The van der Waals surface area contributed by atoms with Gasteiger partial charge in [-0.05, 0) is 30.2 Å². The molecule has 1 amide bonds. The zero-order valence-corrected chi connectivity index (χ0v) is 12.5. The summed E-state index contributed by atoms with van der Waals surface area (Å²) in [5, 5.41) is 2.89. The molecule has 3 nitrogen and oxygen atoms in total. The van der Waals surface area contributed by atoms with Crippen LogP contribution in [0, 0.1) is 5.92 Å². The highest BCUT2D eigenvalue weighted by Gasteiger charge is 2.07. The number of rotatable bonds is 7. The van der Waals surface area contributed by atoms with Crippen molar-refractivity contribution in [2.75, 3.05) is 13.2 Å². The predicted molar refractivity (Wildman–Crippen MR) is 76.7 cm³/mol. The second kappa shape index (κ2) is 8.14. The first-order valence-corrected chi connectivity index (χ1v) is 7.10. The minimum Gasteiger partial charge on any atom is -0.484 e. The molecule has 100 valence electrons. The molecule has 1 aromatic carbocycles. The number of hydrogen-bond donors (Lipinski definition) is 1. The molecule has 1 aromatic rings. The van der Waals surface area contributed by atoms with E-state index in [1.54, 1.807) is 0 Å². The Bertz CT molecular complexity index is 361. The van der Waals surface area contributed by atoms with Gasteiger partial charge in [0.15, 0.2) is 6.61 Å². The molecule has 0 unspecified atom stereocenters. The van der Waals surface area contributed by atoms with E-state index in [-0.39, 0.29) is 12.5 Å². The van der Waals surface area contributed by atoms with Gasteiger partial charge in [0.2, 0.25) is 0 Å². The van der Waals surface area contributed by atoms with E-state index in [1.165, 1.54) is 0 Å². The van der Waals surface area contributed by atoms with Gasteiger partial charge in [-0.1, -0.05) is 42.6 Å². The van der Waals surface area contributed by atoms with E-state index in [1.807, 2.05) is 24.3 Å². The first-order chi connectivity index (χ1) is 8.65. The van der Waals surface area contributed by atoms with Crippen LogP contribution in [0.25, 0.3) is 0 Å². The van der Waals surface area contributed by atoms with Crippen LogP contribution < -0.4 is 10.1 Å². The maximum atomic E-state index is 11.6. The lowest BCUT2D eigenvalue weighted by Crippen LogP contribution is -2.32. The topological polar surface area (TPSA) is 38.3 Å². The number of carbonyl (C=O) groups is 1. The van der Waals surface area contributed by atoms with Crippen LogP contribution in [0.2, 0.25) is 0 Å². The second-order valence-corrected chi connectivity index (χ2v) is 5.14. The quantitative estimate of drug-likeness (QED) is 0.838. The van der Waals surface area contributed by atoms with Gasteiger partial charge in [0.1, 0.15) is 5.75 Å². The maximum absolute atomic E-state index is 11.6. The highest BCUT2D eigenvalue weighted by atomic mass is 79.9. The molecule has 0 saturated carbocycles. The van der Waals surface area contributed by atoms with E-state index in [9.17, 15) is 4.79 Å². The Hall–Kier alpha value is -1.03. The standard InChI is InChI=1S/C14H20BrNO2/c1-3-11(4-2)9-16-14(17)10-18-13-7-5-12(15)6-8-13/h5-8,11H,3-4,9-10H2,1-2H3,(H,16,17). The SMILES string of the molecule is CCC(CC)CNC(=O)COc1ccc(Br)cc1. The summed E-state index contributed by atoms with van der Waals surface area (Å²) < 4.78 is 6.38. The van der Waals surface area contributed by atoms with Crippen LogP contribution in [-0.2, 0) is 4.79 Å². The van der Waals surface area contributed by atoms with Crippen molar-refractivity contribution in [3.05, 3.63) is 28.7 Å². The molecule has 0 bridgehead atoms. The largest absolute Gasteiger partial charge is 0.484 e. The number of hydrogen-bond acceptors (Lipinski definition) is 2. The number of nitrogens with one attached hydrogen (secondary N) is 1. The van der Waals surface area contributed by atoms with Gasteiger partial charge in [-0.15, -0.1) is 0 Å². The number of carbonyl (C=O) groups excluding carboxylic acids is 1. The van der Waals surface area contributed by atoms with Crippen molar-refractivity contribution in [1.29, 1.82) is 0 Å². The summed E-state index contributed by atoms with van der Waals surface area (Å²) in [6.07, 6.45) is 2.18. The number of halogens is 1. The molecule has 0 aliphatic carbocycles. The molecular formula is C14H20BrNO2. The molecule has 0 heterocycles. The van der Waals surface area contributed by atoms with E-state index in [4.69, 9.17) is 4.74 Å². The maximum Gasteiger partial charge on any atom is 0.257 e. The third kappa shape index (κ3) is 5.54. The van der Waals surface area contributed by atoms with Crippen LogP contribution in [0.3, 0.4) is 0 Å². The van der Waals surface area contributed by atoms with Gasteiger partial charge in [-0.2, -0.15) is 0 Å². The second-order valence-electron chi connectivity index (χ2n) is 4.23. The Labute approximate surface area is 117 Å². The van der Waals surface area contributed by atoms with Crippen LogP contribution in [-0.4, -0.2) is 19.1 Å². The Morgan fingerprint density at radius 2 is 1.89 bits per heavy atom. The van der Waals surface area contributed by atoms with E-state index in [0.717, 1.165) is 23.9 Å². The van der Waals surface area contributed by atoms with Crippen molar-refractivity contribution in [3.63, 3.8) is 0 Å². The molecule has 1 N–H and O–H groups in total. The fourth-order valence-corrected chi connectivity index (χ4v) is 1.83. The highest BCUT2D eigenvalue weighted by molar-refractivity contribution is 9.10. The lowest BCUT2D eigenvalue weighted by atomic mass is 10.0. The molecule has 0 atom stereocenters. The minimum atomic E-state index is -0.0650. The van der Waals surface area contributed by atoms with Gasteiger partial charge in [0, 0.05) is 11.0 Å². The third-order valence-corrected chi connectivity index (χ3v) is 3.45. The molecule has 4 heteroatoms. The van der Waals surface area contributed by atoms with Crippen LogP contribution in [0.4, 0.5) is 0 Å². The smallest absolute Gasteiger partial charge is 0.257 e. The van der Waals surface area contributed by atoms with Crippen LogP contribution in [0.1, 0.15) is 26.7 Å². The van der Waals surface area contributed by atoms with Crippen molar-refractivity contribution in [2.45, 2.75) is 26.7 Å². The molecular weight excluding hydrogens is 294 g/mol. The van der Waals surface area contributed by atoms with Crippen LogP contribution >= 0.6 is 15.9 Å². The highest BCUT2D eigenvalue weighted by Crippen LogP contribution is 2.15. The number of amides is 1. The van der Waals surface area contributed by atoms with E-state index >= 15 is 0 Å². The zero-order chi connectivity index (χ0) is 13.4. The summed E-state index contributed by atoms with van der Waals surface area (Å²) in [6.45, 7) is 5.08. The van der Waals surface area contributed by atoms with Crippen molar-refractivity contribution < 1.29 is 9.53 Å². The molecule has 0 aromatic heterocycles. The first kappa shape index (κ1) is 15.0. The normalized spacial score (nSPS) is 10.4. The molecule has 0 aliphatic heterocycles. The van der Waals surface area contributed by atoms with Crippen molar-refractivity contribution >= 4 is 21.8 Å². The zero-order valence-electron chi connectivity index (χ0n) is 10.9. The average molecular weight is 314 g/mol. The van der Waals surface area contributed by atoms with Gasteiger partial charge >= 0.3 is 0 Å². The summed E-state index contributed by atoms with van der Waals surface area (Å²) in [6, 6.07) is 7.44. The Morgan fingerprint density at radius 1 is 1.28 bits per heavy atom. The molecule has 18 heavy (non-hydrogen) atoms. The van der Waals surface area contributed by atoms with E-state index < -0.39 is 0 Å². The fourth-order valence-electron chi connectivity index (χ4n) is 1.57. The Kier molecular flexibility index (Phi) is 6.80. The summed E-state index contributed by atoms with van der Waals surface area (Å²) in [7, 11) is 0. The molecule has 1 rings (SSSR count). The lowest BCUT2D eigenvalue weighted by Gasteiger charge is -2.13. The minimum absolute atomic E-state index is 0.0650. The lowest BCUT2D eigenvalue weighted by molar-refractivity contribution is -0.123. The van der Waals surface area contributed by atoms with E-state index in [0.29, 0.717) is 11.7 Å². The van der Waals surface area contributed by atoms with Gasteiger partial charge in [-0.25, -0.2) is 0 Å². The molecule has 0 fully saturated rings. The fraction of sp³-hybridized carbons (Fsp3) is 0.500. The van der Waals surface area contributed by atoms with Gasteiger partial charge < -0.3 is 10.1 Å². The Morgan fingerprint density at radius 3 is 2.44 bits per heavy atom. The van der Waals surface area contributed by atoms with Crippen LogP contribution in [0.15, 0.2) is 28.7 Å². The molecule has 0 aliphatic rings. The van der Waals surface area contributed by atoms with Gasteiger partial charge in [0.05, 0.1) is 0 Å².